The third-order valence-corrected chi connectivity index (χ3v) is 6.79. The van der Waals surface area contributed by atoms with Crippen molar-refractivity contribution < 1.29 is 17.2 Å². The van der Waals surface area contributed by atoms with Crippen LogP contribution in [0.1, 0.15) is 48.9 Å². The van der Waals surface area contributed by atoms with Crippen LogP contribution in [0.5, 0.6) is 0 Å². The van der Waals surface area contributed by atoms with Crippen LogP contribution >= 0.6 is 0 Å². The summed E-state index contributed by atoms with van der Waals surface area (Å²) >= 11 is 0. The highest BCUT2D eigenvalue weighted by Gasteiger charge is 2.32. The number of benzene rings is 2. The maximum Gasteiger partial charge on any atom is 0.284 e. The molecule has 2 atom stereocenters. The van der Waals surface area contributed by atoms with E-state index in [-0.39, 0.29) is 24.0 Å². The molecule has 0 amide bonds. The number of hydrogen-bond donors (Lipinski definition) is 0. The van der Waals surface area contributed by atoms with Gasteiger partial charge in [-0.3, -0.25) is 0 Å². The highest BCUT2D eigenvalue weighted by atomic mass is 32.2. The molecule has 0 spiro atoms. The molecule has 0 bridgehead atoms. The van der Waals surface area contributed by atoms with Gasteiger partial charge < -0.3 is 0 Å². The first-order valence-electron chi connectivity index (χ1n) is 11.2. The molecule has 2 aromatic rings. The molecular weight excluding hydrogens is 462 g/mol. The number of allylic oxidation sites excluding steroid dienone is 8. The Bertz CT molecular complexity index is 1410. The summed E-state index contributed by atoms with van der Waals surface area (Å²) < 4.78 is 56.4. The van der Waals surface area contributed by atoms with Gasteiger partial charge in [0.1, 0.15) is 0 Å². The van der Waals surface area contributed by atoms with Crippen molar-refractivity contribution >= 4 is 9.84 Å². The number of halogens is 2. The van der Waals surface area contributed by atoms with E-state index in [1.54, 1.807) is 72.8 Å². The molecule has 4 rings (SSSR count). The van der Waals surface area contributed by atoms with Gasteiger partial charge in [-0.25, -0.2) is 17.2 Å². The van der Waals surface area contributed by atoms with Crippen LogP contribution in [0, 0.1) is 22.3 Å². The Morgan fingerprint density at radius 1 is 0.714 bits per heavy atom. The van der Waals surface area contributed by atoms with Gasteiger partial charge in [-0.15, -0.1) is 0 Å². The summed E-state index contributed by atoms with van der Waals surface area (Å²) in [6.45, 7) is 3.77. The number of sulfone groups is 1. The Morgan fingerprint density at radius 3 is 1.49 bits per heavy atom. The Morgan fingerprint density at radius 2 is 1.11 bits per heavy atom. The topological polar surface area (TPSA) is 34.1 Å². The molecule has 0 heterocycles. The minimum atomic E-state index is -4.16. The molecule has 2 aliphatic carbocycles. The molecule has 2 nitrogen and oxygen atoms in total. The van der Waals surface area contributed by atoms with Gasteiger partial charge in [-0.1, -0.05) is 71.8 Å². The van der Waals surface area contributed by atoms with Crippen molar-refractivity contribution in [3.05, 3.63) is 118 Å². The molecular formula is C30H24F2O2S. The molecule has 35 heavy (non-hydrogen) atoms. The normalized spacial score (nSPS) is 23.3. The van der Waals surface area contributed by atoms with E-state index in [0.717, 1.165) is 11.1 Å². The van der Waals surface area contributed by atoms with E-state index in [4.69, 9.17) is 0 Å². The predicted octanol–water partition coefficient (Wildman–Crippen LogP) is 6.56. The second kappa shape index (κ2) is 9.53. The van der Waals surface area contributed by atoms with Crippen molar-refractivity contribution in [1.29, 1.82) is 0 Å². The van der Waals surface area contributed by atoms with Gasteiger partial charge in [0.2, 0.25) is 0 Å². The first kappa shape index (κ1) is 24.5. The lowest BCUT2D eigenvalue weighted by Gasteiger charge is -2.25. The van der Waals surface area contributed by atoms with Crippen LogP contribution in [0.2, 0.25) is 0 Å². The number of alkyl halides is 2. The molecule has 176 valence electrons. The van der Waals surface area contributed by atoms with Crippen LogP contribution in [0.15, 0.2) is 96.1 Å². The maximum atomic E-state index is 15.6. The third kappa shape index (κ3) is 5.53. The SMILES string of the molecule is CC1=CCC(F)(c2ccccc2C#CS(=O)(=O)C#Cc2ccccc2C2(F)C=CC(C)=CC2)C=C1. The van der Waals surface area contributed by atoms with Crippen molar-refractivity contribution in [3.8, 4) is 22.3 Å². The minimum absolute atomic E-state index is 0.144. The second-order valence-electron chi connectivity index (χ2n) is 8.74. The third-order valence-electron chi connectivity index (χ3n) is 6.05. The first-order chi connectivity index (χ1) is 16.6. The minimum Gasteiger partial charge on any atom is -0.234 e. The van der Waals surface area contributed by atoms with Crippen LogP contribution in [0.4, 0.5) is 8.78 Å². The molecule has 0 saturated heterocycles. The predicted molar refractivity (Wildman–Crippen MR) is 136 cm³/mol. The average molecular weight is 487 g/mol. The van der Waals surface area contributed by atoms with E-state index < -0.39 is 21.2 Å². The highest BCUT2D eigenvalue weighted by Crippen LogP contribution is 2.38. The van der Waals surface area contributed by atoms with Gasteiger partial charge in [0.25, 0.3) is 9.84 Å². The summed E-state index contributed by atoms with van der Waals surface area (Å²) in [5.74, 6) is 5.17. The number of hydrogen-bond acceptors (Lipinski definition) is 2. The molecule has 0 fully saturated rings. The van der Waals surface area contributed by atoms with Gasteiger partial charge in [0.05, 0.1) is 0 Å². The van der Waals surface area contributed by atoms with E-state index >= 15 is 8.78 Å². The zero-order valence-corrected chi connectivity index (χ0v) is 20.3. The molecule has 0 radical (unpaired) electrons. The standard InChI is InChI=1S/C30H24F2O2S/c1-23-11-17-29(31,18-12-23)27-9-5-3-7-25(27)15-21-35(33,34)22-16-26-8-4-6-10-28(26)30(32)19-13-24(2)14-20-30/h3-14,17,19H,18,20H2,1-2H3. The lowest BCUT2D eigenvalue weighted by Crippen LogP contribution is -2.20. The van der Waals surface area contributed by atoms with Crippen molar-refractivity contribution in [2.75, 3.05) is 0 Å². The van der Waals surface area contributed by atoms with Crippen molar-refractivity contribution in [3.63, 3.8) is 0 Å². The summed E-state index contributed by atoms with van der Waals surface area (Å²) in [7, 11) is -4.16. The summed E-state index contributed by atoms with van der Waals surface area (Å²) in [6, 6.07) is 13.1. The quantitative estimate of drug-likeness (QED) is 0.451. The molecule has 2 unspecified atom stereocenters. The average Bonchev–Trinajstić information content (AvgIpc) is 2.86. The van der Waals surface area contributed by atoms with Crippen LogP contribution in [-0.2, 0) is 21.2 Å². The van der Waals surface area contributed by atoms with Gasteiger partial charge in [0, 0.05) is 45.6 Å². The molecule has 0 N–H and O–H groups in total. The fourth-order valence-corrected chi connectivity index (χ4v) is 4.54. The van der Waals surface area contributed by atoms with Crippen LogP contribution < -0.4 is 0 Å². The van der Waals surface area contributed by atoms with Crippen LogP contribution in [0.25, 0.3) is 0 Å². The zero-order chi connectivity index (χ0) is 25.1. The van der Waals surface area contributed by atoms with E-state index in [1.165, 1.54) is 12.2 Å². The van der Waals surface area contributed by atoms with Crippen LogP contribution in [-0.4, -0.2) is 8.42 Å². The summed E-state index contributed by atoms with van der Waals surface area (Å²) in [5, 5.41) is 4.38. The monoisotopic (exact) mass is 486 g/mol. The molecule has 2 aliphatic rings. The van der Waals surface area contributed by atoms with Crippen LogP contribution in [0.3, 0.4) is 0 Å². The molecule has 5 heteroatoms. The Hall–Kier alpha value is -3.67. The smallest absolute Gasteiger partial charge is 0.234 e. The van der Waals surface area contributed by atoms with Crippen molar-refractivity contribution in [1.82, 2.24) is 0 Å². The maximum absolute atomic E-state index is 15.6. The Labute approximate surface area is 205 Å². The van der Waals surface area contributed by atoms with Crippen molar-refractivity contribution in [2.24, 2.45) is 0 Å². The van der Waals surface area contributed by atoms with Gasteiger partial charge in [-0.2, -0.15) is 0 Å². The van der Waals surface area contributed by atoms with Gasteiger partial charge in [0.15, 0.2) is 11.3 Å². The van der Waals surface area contributed by atoms with E-state index in [0.29, 0.717) is 11.1 Å². The summed E-state index contributed by atoms with van der Waals surface area (Å²) in [5.41, 5.74) is -0.467. The van der Waals surface area contributed by atoms with E-state index in [9.17, 15) is 8.42 Å². The van der Waals surface area contributed by atoms with Gasteiger partial charge >= 0.3 is 0 Å². The number of rotatable bonds is 2. The molecule has 0 aromatic heterocycles. The lowest BCUT2D eigenvalue weighted by molar-refractivity contribution is 0.234. The molecule has 2 aromatic carbocycles. The van der Waals surface area contributed by atoms with Gasteiger partial charge in [-0.05, 0) is 50.0 Å². The fourth-order valence-electron chi connectivity index (χ4n) is 4.00. The summed E-state index contributed by atoms with van der Waals surface area (Å²) in [4.78, 5) is 0. The Kier molecular flexibility index (Phi) is 6.66. The second-order valence-corrected chi connectivity index (χ2v) is 10.2. The lowest BCUT2D eigenvalue weighted by atomic mass is 9.85. The first-order valence-corrected chi connectivity index (χ1v) is 12.7. The Balaban J connectivity index is 1.65. The van der Waals surface area contributed by atoms with E-state index in [2.05, 4.69) is 22.3 Å². The zero-order valence-electron chi connectivity index (χ0n) is 19.5. The summed E-state index contributed by atoms with van der Waals surface area (Å²) in [6.07, 6.45) is 10.2. The fraction of sp³-hybridized carbons (Fsp3) is 0.200. The largest absolute Gasteiger partial charge is 0.284 e. The highest BCUT2D eigenvalue weighted by molar-refractivity contribution is 8.00. The van der Waals surface area contributed by atoms with E-state index in [1.807, 2.05) is 13.8 Å². The molecule has 0 saturated carbocycles. The molecule has 0 aliphatic heterocycles. The van der Waals surface area contributed by atoms with Crippen molar-refractivity contribution in [2.45, 2.75) is 38.0 Å².